The van der Waals surface area contributed by atoms with E-state index in [1.807, 2.05) is 36.5 Å². The maximum absolute atomic E-state index is 4.49. The van der Waals surface area contributed by atoms with Crippen LogP contribution in [0.15, 0.2) is 146 Å². The molecule has 0 aliphatic rings. The molecule has 2 heteroatoms. The molecule has 0 unspecified atom stereocenters. The Labute approximate surface area is 250 Å². The van der Waals surface area contributed by atoms with Crippen LogP contribution in [0.5, 0.6) is 0 Å². The maximum Gasteiger partial charge on any atom is 0.0160 e. The zero-order chi connectivity index (χ0) is 26.4. The molecule has 0 atom stereocenters. The number of aromatic nitrogens is 1. The molecule has 1 heterocycles. The van der Waals surface area contributed by atoms with Gasteiger partial charge in [-0.25, -0.2) is 0 Å². The van der Waals surface area contributed by atoms with Crippen LogP contribution in [0.1, 0.15) is 16.7 Å². The summed E-state index contributed by atoms with van der Waals surface area (Å²) < 4.78 is 0. The molecule has 0 aliphatic heterocycles. The van der Waals surface area contributed by atoms with Gasteiger partial charge in [0.1, 0.15) is 0 Å². The Morgan fingerprint density at radius 1 is 0.625 bits per heavy atom. The molecule has 0 bridgehead atoms. The quantitative estimate of drug-likeness (QED) is 0.152. The molecule has 40 heavy (non-hydrogen) atoms. The van der Waals surface area contributed by atoms with Crippen LogP contribution < -0.4 is 0 Å². The summed E-state index contributed by atoms with van der Waals surface area (Å²) in [4.78, 5) is 4.49. The third kappa shape index (κ3) is 6.10. The van der Waals surface area contributed by atoms with Crippen LogP contribution in [0.2, 0.25) is 0 Å². The van der Waals surface area contributed by atoms with E-state index in [-0.39, 0.29) is 20.1 Å². The van der Waals surface area contributed by atoms with Gasteiger partial charge in [-0.15, -0.1) is 35.4 Å². The summed E-state index contributed by atoms with van der Waals surface area (Å²) in [5, 5.41) is 0. The number of benzene rings is 5. The van der Waals surface area contributed by atoms with Crippen molar-refractivity contribution in [3.8, 4) is 44.6 Å². The Morgan fingerprint density at radius 2 is 1.30 bits per heavy atom. The normalized spacial score (nSPS) is 10.5. The van der Waals surface area contributed by atoms with Gasteiger partial charge in [0, 0.05) is 26.3 Å². The van der Waals surface area contributed by atoms with E-state index in [9.17, 15) is 0 Å². The Kier molecular flexibility index (Phi) is 8.62. The summed E-state index contributed by atoms with van der Waals surface area (Å²) in [5.74, 6) is 0. The van der Waals surface area contributed by atoms with Crippen molar-refractivity contribution < 1.29 is 20.1 Å². The predicted molar refractivity (Wildman–Crippen MR) is 164 cm³/mol. The Morgan fingerprint density at radius 3 is 2.05 bits per heavy atom. The first-order chi connectivity index (χ1) is 19.3. The van der Waals surface area contributed by atoms with Crippen molar-refractivity contribution in [1.82, 2.24) is 4.98 Å². The molecule has 0 saturated heterocycles. The van der Waals surface area contributed by atoms with Crippen molar-refractivity contribution in [2.24, 2.45) is 0 Å². The Bertz CT molecular complexity index is 1750. The molecule has 195 valence electrons. The van der Waals surface area contributed by atoms with Crippen LogP contribution in [0.3, 0.4) is 0 Å². The molecule has 0 saturated carbocycles. The van der Waals surface area contributed by atoms with Gasteiger partial charge in [-0.3, -0.25) is 0 Å². The molecule has 0 aliphatic carbocycles. The number of pyridine rings is 1. The fraction of sp³-hybridized carbons (Fsp3) is 0.0263. The minimum absolute atomic E-state index is 0. The van der Waals surface area contributed by atoms with Crippen LogP contribution in [0.4, 0.5) is 0 Å². The third-order valence-electron chi connectivity index (χ3n) is 7.04. The summed E-state index contributed by atoms with van der Waals surface area (Å²) in [6.45, 7) is 3.92. The first-order valence-electron chi connectivity index (χ1n) is 13.2. The largest absolute Gasteiger partial charge is 0.305 e. The average molecular weight is 691 g/mol. The van der Waals surface area contributed by atoms with Crippen molar-refractivity contribution in [2.75, 3.05) is 0 Å². The second kappa shape index (κ2) is 12.7. The monoisotopic (exact) mass is 691 g/mol. The SMILES string of the molecule is C=Cc1cccc(Cc2ccccc2-c2cccc(-c3cccc(-c4cc[c-]c(-c5ccccn5)c4)c3)c2)c1.[Ir]. The molecular formula is C38H28IrN-. The van der Waals surface area contributed by atoms with Crippen molar-refractivity contribution in [3.05, 3.63) is 169 Å². The van der Waals surface area contributed by atoms with Gasteiger partial charge < -0.3 is 4.98 Å². The van der Waals surface area contributed by atoms with E-state index in [1.54, 1.807) is 0 Å². The van der Waals surface area contributed by atoms with Gasteiger partial charge in [0.15, 0.2) is 0 Å². The molecule has 1 aromatic heterocycles. The smallest absolute Gasteiger partial charge is 0.0160 e. The van der Waals surface area contributed by atoms with Gasteiger partial charge >= 0.3 is 0 Å². The minimum atomic E-state index is 0. The zero-order valence-corrected chi connectivity index (χ0v) is 24.4. The average Bonchev–Trinajstić information content (AvgIpc) is 3.02. The standard InChI is InChI=1S/C38H28N.Ir/c1-2-28-11-7-12-29(23-28)24-34-13-3-4-20-37(34)35-18-9-16-32(26-35)30-14-8-15-31(25-30)33-17-10-19-36(27-33)38-21-5-6-22-39-38;/h2-18,20-23,25-27H,1,24H2;/q-1;. The van der Waals surface area contributed by atoms with E-state index in [0.717, 1.165) is 28.8 Å². The van der Waals surface area contributed by atoms with Gasteiger partial charge in [0.05, 0.1) is 0 Å². The van der Waals surface area contributed by atoms with E-state index in [2.05, 4.69) is 127 Å². The molecule has 1 radical (unpaired) electrons. The number of nitrogens with zero attached hydrogens (tertiary/aromatic N) is 1. The van der Waals surface area contributed by atoms with E-state index in [1.165, 1.54) is 38.9 Å². The molecular weight excluding hydrogens is 663 g/mol. The van der Waals surface area contributed by atoms with Gasteiger partial charge in [0.25, 0.3) is 0 Å². The van der Waals surface area contributed by atoms with Gasteiger partial charge in [0.2, 0.25) is 0 Å². The van der Waals surface area contributed by atoms with Crippen LogP contribution >= 0.6 is 0 Å². The summed E-state index contributed by atoms with van der Waals surface area (Å²) in [6.07, 6.45) is 4.60. The Balaban J connectivity index is 0.00000323. The number of hydrogen-bond donors (Lipinski definition) is 0. The summed E-state index contributed by atoms with van der Waals surface area (Å²) in [7, 11) is 0. The zero-order valence-electron chi connectivity index (χ0n) is 22.1. The minimum Gasteiger partial charge on any atom is -0.305 e. The summed E-state index contributed by atoms with van der Waals surface area (Å²) in [5.41, 5.74) is 12.9. The molecule has 0 amide bonds. The van der Waals surface area contributed by atoms with Crippen molar-refractivity contribution in [3.63, 3.8) is 0 Å². The van der Waals surface area contributed by atoms with Crippen molar-refractivity contribution in [2.45, 2.75) is 6.42 Å². The Hall–Kier alpha value is -4.36. The summed E-state index contributed by atoms with van der Waals surface area (Å²) >= 11 is 0. The van der Waals surface area contributed by atoms with E-state index >= 15 is 0 Å². The number of hydrogen-bond acceptors (Lipinski definition) is 1. The molecule has 6 aromatic rings. The fourth-order valence-corrected chi connectivity index (χ4v) is 5.07. The third-order valence-corrected chi connectivity index (χ3v) is 7.04. The van der Waals surface area contributed by atoms with Crippen LogP contribution in [0, 0.1) is 6.07 Å². The van der Waals surface area contributed by atoms with Crippen molar-refractivity contribution in [1.29, 1.82) is 0 Å². The second-order valence-electron chi connectivity index (χ2n) is 9.65. The molecule has 6 rings (SSSR count). The van der Waals surface area contributed by atoms with Crippen molar-refractivity contribution >= 4 is 6.08 Å². The van der Waals surface area contributed by atoms with Crippen LogP contribution in [0.25, 0.3) is 50.7 Å². The molecule has 0 fully saturated rings. The van der Waals surface area contributed by atoms with Crippen LogP contribution in [-0.2, 0) is 26.5 Å². The van der Waals surface area contributed by atoms with Crippen LogP contribution in [-0.4, -0.2) is 4.98 Å². The van der Waals surface area contributed by atoms with E-state index in [4.69, 9.17) is 0 Å². The first kappa shape index (κ1) is 27.2. The van der Waals surface area contributed by atoms with E-state index in [0.29, 0.717) is 0 Å². The topological polar surface area (TPSA) is 12.9 Å². The van der Waals surface area contributed by atoms with Gasteiger partial charge in [-0.05, 0) is 74.8 Å². The molecule has 5 aromatic carbocycles. The van der Waals surface area contributed by atoms with Gasteiger partial charge in [-0.1, -0.05) is 110 Å². The van der Waals surface area contributed by atoms with E-state index < -0.39 is 0 Å². The second-order valence-corrected chi connectivity index (χ2v) is 9.65. The molecule has 1 nitrogen and oxygen atoms in total. The predicted octanol–water partition coefficient (Wildman–Crippen LogP) is 9.78. The molecule has 0 spiro atoms. The first-order valence-corrected chi connectivity index (χ1v) is 13.2. The fourth-order valence-electron chi connectivity index (χ4n) is 5.07. The van der Waals surface area contributed by atoms with Gasteiger partial charge in [-0.2, -0.15) is 0 Å². The summed E-state index contributed by atoms with van der Waals surface area (Å²) in [6, 6.07) is 50.4. The molecule has 0 N–H and O–H groups in total. The maximum atomic E-state index is 4.49. The number of rotatable bonds is 7.